The molecule has 0 bridgehead atoms. The van der Waals surface area contributed by atoms with Gasteiger partial charge >= 0.3 is 11.9 Å². The Bertz CT molecular complexity index is 2370. The van der Waals surface area contributed by atoms with E-state index < -0.39 is 29.7 Å². The molecule has 13 nitrogen and oxygen atoms in total. The van der Waals surface area contributed by atoms with E-state index in [-0.39, 0.29) is 41.5 Å². The molecule has 5 aromatic rings. The number of benzene rings is 1. The zero-order chi connectivity index (χ0) is 38.6. The van der Waals surface area contributed by atoms with Crippen LogP contribution in [0, 0.1) is 12.8 Å². The summed E-state index contributed by atoms with van der Waals surface area (Å²) in [5, 5.41) is 10.5. The SMILES string of the molecule is Cc1ccc2c(c1C1CCN(C[C@H]3CC[C@H](n4cc5cc(NC(=O)c6cccc(C(F)(F)F)n6)ncc5n4)CC3)CC1)n(C)c(=O)n2C1CCC(=O)NC1=O. The Labute approximate surface area is 313 Å². The minimum Gasteiger partial charge on any atom is -0.305 e. The van der Waals surface area contributed by atoms with E-state index in [2.05, 4.69) is 32.4 Å². The van der Waals surface area contributed by atoms with Crippen molar-refractivity contribution in [1.82, 2.24) is 39.1 Å². The smallest absolute Gasteiger partial charge is 0.305 e. The molecule has 3 aliphatic rings. The zero-order valence-electron chi connectivity index (χ0n) is 30.6. The maximum Gasteiger partial charge on any atom is 0.433 e. The topological polar surface area (TPSA) is 149 Å². The van der Waals surface area contributed by atoms with Gasteiger partial charge in [0, 0.05) is 31.6 Å². The number of anilines is 1. The second kappa shape index (κ2) is 14.4. The first-order valence-electron chi connectivity index (χ1n) is 18.8. The van der Waals surface area contributed by atoms with Crippen LogP contribution in [0.15, 0.2) is 53.6 Å². The Morgan fingerprint density at radius 2 is 1.76 bits per heavy atom. The van der Waals surface area contributed by atoms with Crippen molar-refractivity contribution < 1.29 is 27.6 Å². The monoisotopic (exact) mass is 757 g/mol. The Balaban J connectivity index is 0.868. The molecule has 16 heteroatoms. The summed E-state index contributed by atoms with van der Waals surface area (Å²) in [5.74, 6) is -0.466. The fourth-order valence-corrected chi connectivity index (χ4v) is 8.81. The predicted octanol–water partition coefficient (Wildman–Crippen LogP) is 5.65. The van der Waals surface area contributed by atoms with Gasteiger partial charge in [-0.2, -0.15) is 18.3 Å². The minimum absolute atomic E-state index is 0.199. The number of carbonyl (C=O) groups is 3. The lowest BCUT2D eigenvalue weighted by Crippen LogP contribution is -2.44. The van der Waals surface area contributed by atoms with E-state index in [0.29, 0.717) is 17.9 Å². The van der Waals surface area contributed by atoms with Crippen molar-refractivity contribution in [3.63, 3.8) is 0 Å². The summed E-state index contributed by atoms with van der Waals surface area (Å²) in [7, 11) is 1.77. The highest BCUT2D eigenvalue weighted by Crippen LogP contribution is 2.38. The molecule has 1 atom stereocenters. The molecule has 1 unspecified atom stereocenters. The van der Waals surface area contributed by atoms with Crippen LogP contribution in [-0.2, 0) is 22.8 Å². The number of rotatable bonds is 7. The lowest BCUT2D eigenvalue weighted by molar-refractivity contribution is -0.141. The van der Waals surface area contributed by atoms with Crippen LogP contribution in [0.2, 0.25) is 0 Å². The number of amides is 3. The maximum atomic E-state index is 13.5. The number of likely N-dealkylation sites (tertiary alicyclic amines) is 1. The highest BCUT2D eigenvalue weighted by Gasteiger charge is 2.35. The summed E-state index contributed by atoms with van der Waals surface area (Å²) >= 11 is 0. The number of imide groups is 1. The van der Waals surface area contributed by atoms with Crippen molar-refractivity contribution in [2.24, 2.45) is 13.0 Å². The number of hydrogen-bond donors (Lipinski definition) is 2. The van der Waals surface area contributed by atoms with Crippen LogP contribution in [0.25, 0.3) is 21.9 Å². The number of carbonyl (C=O) groups excluding carboxylic acids is 3. The molecule has 1 saturated carbocycles. The third-order valence-electron chi connectivity index (χ3n) is 11.6. The lowest BCUT2D eigenvalue weighted by atomic mass is 9.83. The van der Waals surface area contributed by atoms with Crippen LogP contribution >= 0.6 is 0 Å². The molecule has 4 aromatic heterocycles. The number of halogens is 3. The molecule has 3 fully saturated rings. The van der Waals surface area contributed by atoms with Crippen molar-refractivity contribution >= 4 is 45.5 Å². The van der Waals surface area contributed by atoms with E-state index in [1.807, 2.05) is 23.0 Å². The van der Waals surface area contributed by atoms with Crippen LogP contribution in [0.3, 0.4) is 0 Å². The van der Waals surface area contributed by atoms with E-state index in [1.54, 1.807) is 28.4 Å². The number of hydrogen-bond acceptors (Lipinski definition) is 8. The summed E-state index contributed by atoms with van der Waals surface area (Å²) in [6.07, 6.45) is 5.37. The number of fused-ring (bicyclic) bond motifs is 2. The molecule has 288 valence electrons. The Morgan fingerprint density at radius 1 is 1.00 bits per heavy atom. The van der Waals surface area contributed by atoms with Gasteiger partial charge in [0.1, 0.15) is 28.8 Å². The Hall–Kier alpha value is -5.38. The molecular weight excluding hydrogens is 715 g/mol. The molecule has 0 spiro atoms. The number of nitrogens with zero attached hydrogens (tertiary/aromatic N) is 7. The summed E-state index contributed by atoms with van der Waals surface area (Å²) in [6.45, 7) is 5.04. The molecule has 6 heterocycles. The van der Waals surface area contributed by atoms with Gasteiger partial charge in [0.15, 0.2) is 0 Å². The van der Waals surface area contributed by atoms with E-state index in [4.69, 9.17) is 5.10 Å². The molecule has 0 radical (unpaired) electrons. The molecule has 55 heavy (non-hydrogen) atoms. The largest absolute Gasteiger partial charge is 0.433 e. The van der Waals surface area contributed by atoms with Gasteiger partial charge in [0.2, 0.25) is 11.8 Å². The molecule has 3 amide bonds. The average Bonchev–Trinajstić information content (AvgIpc) is 3.70. The number of aromatic nitrogens is 6. The van der Waals surface area contributed by atoms with Gasteiger partial charge in [-0.3, -0.25) is 33.5 Å². The number of aryl methyl sites for hydroxylation is 2. The van der Waals surface area contributed by atoms with Gasteiger partial charge in [-0.05, 0) is 112 Å². The van der Waals surface area contributed by atoms with Crippen LogP contribution < -0.4 is 16.3 Å². The summed E-state index contributed by atoms with van der Waals surface area (Å²) < 4.78 is 44.4. The second-order valence-corrected chi connectivity index (χ2v) is 15.2. The maximum absolute atomic E-state index is 13.5. The number of pyridine rings is 2. The van der Waals surface area contributed by atoms with Crippen LogP contribution in [0.1, 0.15) is 96.7 Å². The van der Waals surface area contributed by atoms with Crippen LogP contribution in [0.5, 0.6) is 0 Å². The van der Waals surface area contributed by atoms with Gasteiger partial charge in [0.25, 0.3) is 5.91 Å². The normalized spacial score (nSPS) is 21.7. The lowest BCUT2D eigenvalue weighted by Gasteiger charge is -2.37. The van der Waals surface area contributed by atoms with Crippen molar-refractivity contribution in [2.45, 2.75) is 82.5 Å². The zero-order valence-corrected chi connectivity index (χ0v) is 30.6. The standard InChI is InChI=1S/C39H42F3N9O4/c1-22-6-11-29-35(48(2)38(55)51(29)30-12-13-33(52)46-37(30)54)34(22)24-14-16-49(17-15-24)20-23-7-9-26(10-8-23)50-21-25-18-32(43-19-28(25)47-50)45-36(53)27-4-3-5-31(44-27)39(40,41)42/h3-6,11,18-19,21,23-24,26,30H,7-10,12-17,20H2,1-2H3,(H,45,53)(H,46,52,54)/t23-,26-,30?. The fraction of sp³-hybridized carbons (Fsp3) is 0.462. The molecule has 8 rings (SSSR count). The highest BCUT2D eigenvalue weighted by molar-refractivity contribution is 6.03. The van der Waals surface area contributed by atoms with Gasteiger partial charge in [-0.25, -0.2) is 14.8 Å². The predicted molar refractivity (Wildman–Crippen MR) is 197 cm³/mol. The van der Waals surface area contributed by atoms with E-state index in [0.717, 1.165) is 92.3 Å². The summed E-state index contributed by atoms with van der Waals surface area (Å²) in [5.41, 5.74) is 2.85. The van der Waals surface area contributed by atoms with Crippen molar-refractivity contribution in [2.75, 3.05) is 25.0 Å². The Kier molecular flexibility index (Phi) is 9.55. The van der Waals surface area contributed by atoms with E-state index in [1.165, 1.54) is 11.6 Å². The van der Waals surface area contributed by atoms with Gasteiger partial charge in [0.05, 0.1) is 23.3 Å². The summed E-state index contributed by atoms with van der Waals surface area (Å²) in [6, 6.07) is 8.33. The fourth-order valence-electron chi connectivity index (χ4n) is 8.81. The van der Waals surface area contributed by atoms with E-state index >= 15 is 0 Å². The minimum atomic E-state index is -4.66. The highest BCUT2D eigenvalue weighted by atomic mass is 19.4. The van der Waals surface area contributed by atoms with E-state index in [9.17, 15) is 32.3 Å². The third-order valence-corrected chi connectivity index (χ3v) is 11.6. The summed E-state index contributed by atoms with van der Waals surface area (Å²) in [4.78, 5) is 61.0. The number of imidazole rings is 1. The molecule has 2 aliphatic heterocycles. The molecular formula is C39H42F3N9O4. The van der Waals surface area contributed by atoms with Crippen molar-refractivity contribution in [1.29, 1.82) is 0 Å². The molecule has 1 aliphatic carbocycles. The van der Waals surface area contributed by atoms with Crippen molar-refractivity contribution in [3.05, 3.63) is 81.8 Å². The number of nitrogens with one attached hydrogen (secondary N) is 2. The average molecular weight is 758 g/mol. The molecule has 2 saturated heterocycles. The first-order chi connectivity index (χ1) is 26.3. The van der Waals surface area contributed by atoms with Gasteiger partial charge < -0.3 is 10.2 Å². The number of alkyl halides is 3. The molecule has 2 N–H and O–H groups in total. The van der Waals surface area contributed by atoms with Crippen molar-refractivity contribution in [3.8, 4) is 0 Å². The third kappa shape index (κ3) is 7.14. The first-order valence-corrected chi connectivity index (χ1v) is 18.8. The van der Waals surface area contributed by atoms with Gasteiger partial charge in [-0.15, -0.1) is 0 Å². The van der Waals surface area contributed by atoms with Crippen LogP contribution in [0.4, 0.5) is 19.0 Å². The Morgan fingerprint density at radius 3 is 2.49 bits per heavy atom. The second-order valence-electron chi connectivity index (χ2n) is 15.2. The quantitative estimate of drug-likeness (QED) is 0.203. The molecule has 1 aromatic carbocycles. The van der Waals surface area contributed by atoms with Gasteiger partial charge in [-0.1, -0.05) is 12.1 Å². The van der Waals surface area contributed by atoms with Crippen LogP contribution in [-0.4, -0.2) is 71.1 Å². The first kappa shape index (κ1) is 36.6. The number of piperidine rings is 2.